The van der Waals surface area contributed by atoms with Crippen molar-refractivity contribution in [2.24, 2.45) is 0 Å². The van der Waals surface area contributed by atoms with Gasteiger partial charge in [-0.05, 0) is 23.6 Å². The number of esters is 1. The van der Waals surface area contributed by atoms with Crippen LogP contribution in [0.5, 0.6) is 0 Å². The number of carbonyl (C=O) groups excluding carboxylic acids is 1. The first-order chi connectivity index (χ1) is 9.45. The van der Waals surface area contributed by atoms with Gasteiger partial charge in [-0.2, -0.15) is 0 Å². The zero-order valence-electron chi connectivity index (χ0n) is 11.6. The number of benzene rings is 1. The Balaban J connectivity index is 2.70. The molecular formula is C15H16ClNO2S. The first kappa shape index (κ1) is 14.9. The summed E-state index contributed by atoms with van der Waals surface area (Å²) in [4.78, 5) is 13.1. The van der Waals surface area contributed by atoms with Crippen molar-refractivity contribution in [3.05, 3.63) is 39.7 Å². The van der Waals surface area contributed by atoms with E-state index in [4.69, 9.17) is 22.1 Å². The van der Waals surface area contributed by atoms with Gasteiger partial charge in [0, 0.05) is 15.5 Å². The van der Waals surface area contributed by atoms with Gasteiger partial charge in [0.15, 0.2) is 0 Å². The van der Waals surface area contributed by atoms with E-state index in [0.717, 1.165) is 16.0 Å². The van der Waals surface area contributed by atoms with Crippen LogP contribution in [0.1, 0.15) is 35.0 Å². The topological polar surface area (TPSA) is 52.3 Å². The Kier molecular flexibility index (Phi) is 4.35. The van der Waals surface area contributed by atoms with E-state index < -0.39 is 5.97 Å². The van der Waals surface area contributed by atoms with Crippen molar-refractivity contribution in [2.45, 2.75) is 19.8 Å². The number of nitrogens with two attached hydrogens (primary N) is 1. The number of hydrogen-bond acceptors (Lipinski definition) is 4. The highest BCUT2D eigenvalue weighted by molar-refractivity contribution is 7.17. The summed E-state index contributed by atoms with van der Waals surface area (Å²) < 4.78 is 4.86. The summed E-state index contributed by atoms with van der Waals surface area (Å²) >= 11 is 7.36. The fourth-order valence-corrected chi connectivity index (χ4v) is 3.29. The first-order valence-electron chi connectivity index (χ1n) is 6.22. The summed E-state index contributed by atoms with van der Waals surface area (Å²) in [5.41, 5.74) is 8.24. The molecule has 0 bridgehead atoms. The molecule has 0 amide bonds. The van der Waals surface area contributed by atoms with E-state index in [1.165, 1.54) is 18.4 Å². The highest BCUT2D eigenvalue weighted by Crippen LogP contribution is 2.42. The van der Waals surface area contributed by atoms with Crippen molar-refractivity contribution in [3.63, 3.8) is 0 Å². The number of anilines is 1. The van der Waals surface area contributed by atoms with Crippen LogP contribution in [-0.4, -0.2) is 13.1 Å². The van der Waals surface area contributed by atoms with Crippen LogP contribution in [0.25, 0.3) is 11.1 Å². The highest BCUT2D eigenvalue weighted by Gasteiger charge is 2.25. The molecule has 0 spiro atoms. The zero-order chi connectivity index (χ0) is 14.9. The van der Waals surface area contributed by atoms with Crippen LogP contribution < -0.4 is 5.73 Å². The molecule has 0 unspecified atom stereocenters. The van der Waals surface area contributed by atoms with E-state index in [1.54, 1.807) is 12.1 Å². The number of halogens is 1. The summed E-state index contributed by atoms with van der Waals surface area (Å²) in [5.74, 6) is -0.137. The summed E-state index contributed by atoms with van der Waals surface area (Å²) in [6.45, 7) is 4.15. The van der Waals surface area contributed by atoms with Crippen LogP contribution in [0, 0.1) is 0 Å². The van der Waals surface area contributed by atoms with Gasteiger partial charge in [-0.1, -0.05) is 37.6 Å². The second-order valence-electron chi connectivity index (χ2n) is 4.73. The molecule has 0 aliphatic heterocycles. The third-order valence-electron chi connectivity index (χ3n) is 3.01. The van der Waals surface area contributed by atoms with Crippen molar-refractivity contribution < 1.29 is 9.53 Å². The normalized spacial score (nSPS) is 10.8. The van der Waals surface area contributed by atoms with E-state index in [-0.39, 0.29) is 5.92 Å². The van der Waals surface area contributed by atoms with Crippen LogP contribution in [0.15, 0.2) is 24.3 Å². The lowest BCUT2D eigenvalue weighted by molar-refractivity contribution is 0.0603. The van der Waals surface area contributed by atoms with Crippen molar-refractivity contribution >= 4 is 33.9 Å². The summed E-state index contributed by atoms with van der Waals surface area (Å²) in [5, 5.41) is 1.15. The average molecular weight is 310 g/mol. The van der Waals surface area contributed by atoms with Gasteiger partial charge >= 0.3 is 5.97 Å². The number of rotatable bonds is 3. The second kappa shape index (κ2) is 5.85. The van der Waals surface area contributed by atoms with E-state index >= 15 is 0 Å². The van der Waals surface area contributed by atoms with E-state index in [1.807, 2.05) is 12.1 Å². The van der Waals surface area contributed by atoms with Crippen molar-refractivity contribution in [1.29, 1.82) is 0 Å². The van der Waals surface area contributed by atoms with E-state index in [9.17, 15) is 4.79 Å². The quantitative estimate of drug-likeness (QED) is 0.846. The Morgan fingerprint density at radius 2 is 1.90 bits per heavy atom. The van der Waals surface area contributed by atoms with Gasteiger partial charge in [-0.15, -0.1) is 11.3 Å². The lowest BCUT2D eigenvalue weighted by Gasteiger charge is -2.09. The number of carbonyl (C=O) groups is 1. The maximum absolute atomic E-state index is 12.0. The SMILES string of the molecule is COC(=O)c1c(N)sc(C(C)C)c1-c1ccc(Cl)cc1. The summed E-state index contributed by atoms with van der Waals surface area (Å²) in [7, 11) is 1.36. The molecule has 0 aliphatic carbocycles. The minimum atomic E-state index is -0.407. The van der Waals surface area contributed by atoms with Crippen molar-refractivity contribution in [3.8, 4) is 11.1 Å². The number of ether oxygens (including phenoxy) is 1. The maximum Gasteiger partial charge on any atom is 0.341 e. The monoisotopic (exact) mass is 309 g/mol. The van der Waals surface area contributed by atoms with Crippen LogP contribution in [0.3, 0.4) is 0 Å². The van der Waals surface area contributed by atoms with Crippen LogP contribution in [0.4, 0.5) is 5.00 Å². The molecule has 5 heteroatoms. The molecule has 1 aromatic heterocycles. The molecule has 3 nitrogen and oxygen atoms in total. The summed E-state index contributed by atoms with van der Waals surface area (Å²) in [6.07, 6.45) is 0. The lowest BCUT2D eigenvalue weighted by atomic mass is 9.97. The molecule has 0 radical (unpaired) electrons. The van der Waals surface area contributed by atoms with Crippen molar-refractivity contribution in [2.75, 3.05) is 12.8 Å². The second-order valence-corrected chi connectivity index (χ2v) is 6.25. The number of thiophene rings is 1. The lowest BCUT2D eigenvalue weighted by Crippen LogP contribution is -2.05. The number of hydrogen-bond donors (Lipinski definition) is 1. The molecule has 0 atom stereocenters. The molecule has 106 valence electrons. The average Bonchev–Trinajstić information content (AvgIpc) is 2.76. The predicted molar refractivity (Wildman–Crippen MR) is 84.6 cm³/mol. The molecule has 20 heavy (non-hydrogen) atoms. The third kappa shape index (κ3) is 2.67. The van der Waals surface area contributed by atoms with Gasteiger partial charge < -0.3 is 10.5 Å². The molecular weight excluding hydrogens is 294 g/mol. The highest BCUT2D eigenvalue weighted by atomic mass is 35.5. The smallest absolute Gasteiger partial charge is 0.341 e. The minimum absolute atomic E-state index is 0.270. The first-order valence-corrected chi connectivity index (χ1v) is 7.41. The zero-order valence-corrected chi connectivity index (χ0v) is 13.1. The Morgan fingerprint density at radius 3 is 2.40 bits per heavy atom. The summed E-state index contributed by atoms with van der Waals surface area (Å²) in [6, 6.07) is 7.39. The van der Waals surface area contributed by atoms with Gasteiger partial charge in [0.05, 0.1) is 7.11 Å². The maximum atomic E-state index is 12.0. The Morgan fingerprint density at radius 1 is 1.30 bits per heavy atom. The Labute approximate surface area is 127 Å². The van der Waals surface area contributed by atoms with Gasteiger partial charge in [-0.25, -0.2) is 4.79 Å². The van der Waals surface area contributed by atoms with Crippen LogP contribution in [-0.2, 0) is 4.74 Å². The number of nitrogen functional groups attached to an aromatic ring is 1. The van der Waals surface area contributed by atoms with Gasteiger partial charge in [0.2, 0.25) is 0 Å². The Bertz CT molecular complexity index is 632. The number of methoxy groups -OCH3 is 1. The third-order valence-corrected chi connectivity index (χ3v) is 4.58. The molecule has 1 aromatic carbocycles. The largest absolute Gasteiger partial charge is 0.465 e. The van der Waals surface area contributed by atoms with Crippen molar-refractivity contribution in [1.82, 2.24) is 0 Å². The molecule has 2 rings (SSSR count). The van der Waals surface area contributed by atoms with Gasteiger partial charge in [-0.3, -0.25) is 0 Å². The Hall–Kier alpha value is -1.52. The fourth-order valence-electron chi connectivity index (χ4n) is 2.08. The molecule has 1 heterocycles. The van der Waals surface area contributed by atoms with Gasteiger partial charge in [0.1, 0.15) is 10.6 Å². The minimum Gasteiger partial charge on any atom is -0.465 e. The molecule has 0 saturated carbocycles. The predicted octanol–water partition coefficient (Wildman–Crippen LogP) is 4.56. The molecule has 2 aromatic rings. The molecule has 0 aliphatic rings. The van der Waals surface area contributed by atoms with Gasteiger partial charge in [0.25, 0.3) is 0 Å². The van der Waals surface area contributed by atoms with Crippen LogP contribution >= 0.6 is 22.9 Å². The molecule has 0 fully saturated rings. The van der Waals surface area contributed by atoms with E-state index in [0.29, 0.717) is 15.6 Å². The standard InChI is InChI=1S/C15H16ClNO2S/c1-8(2)13-11(9-4-6-10(16)7-5-9)12(14(17)20-13)15(18)19-3/h4-8H,17H2,1-3H3. The van der Waals surface area contributed by atoms with E-state index in [2.05, 4.69) is 13.8 Å². The molecule has 0 saturated heterocycles. The fraction of sp³-hybridized carbons (Fsp3) is 0.267. The van der Waals surface area contributed by atoms with Crippen LogP contribution in [0.2, 0.25) is 5.02 Å². The molecule has 2 N–H and O–H groups in total.